The van der Waals surface area contributed by atoms with Crippen LogP contribution in [-0.2, 0) is 51.0 Å². The highest BCUT2D eigenvalue weighted by Gasteiger charge is 2.51. The molecule has 0 bridgehead atoms. The normalized spacial score (nSPS) is 22.6. The van der Waals surface area contributed by atoms with Gasteiger partial charge in [0.15, 0.2) is 0 Å². The molecule has 25 heteroatoms. The van der Waals surface area contributed by atoms with E-state index in [-0.39, 0.29) is 98.2 Å². The quantitative estimate of drug-likeness (QED) is 0.0692. The number of rotatable bonds is 16. The molecule has 4 saturated heterocycles. The van der Waals surface area contributed by atoms with E-state index in [1.807, 2.05) is 31.2 Å². The van der Waals surface area contributed by atoms with Gasteiger partial charge in [-0.3, -0.25) is 48.2 Å². The molecule has 6 aliphatic rings. The first-order valence-electron chi connectivity index (χ1n) is 26.4. The Morgan fingerprint density at radius 2 is 1.77 bits per heavy atom. The first-order chi connectivity index (χ1) is 37.6. The smallest absolute Gasteiger partial charge is 0.399 e. The van der Waals surface area contributed by atoms with Crippen LogP contribution >= 0.6 is 18.9 Å². The summed E-state index contributed by atoms with van der Waals surface area (Å²) in [6, 6.07) is 11.0. The summed E-state index contributed by atoms with van der Waals surface area (Å²) in [7, 11) is -5.90. The van der Waals surface area contributed by atoms with Gasteiger partial charge < -0.3 is 55.2 Å². The van der Waals surface area contributed by atoms with Gasteiger partial charge in [0.1, 0.15) is 36.2 Å². The number of fused-ring (bicyclic) bond motifs is 6. The van der Waals surface area contributed by atoms with Crippen LogP contribution in [0.15, 0.2) is 60.7 Å². The SMILES string of the molecule is Cc1cccc(OC[C@H](CCC(N)=O)NC(=O)[C@@H]2CC[C@@H]3CCN(C(=O)CCN4CCC5(CC4)COc4c5ccc5c4CN([C@H]4CCC(=O)NC4=O)C5=O)C[C@H](NC(=O)c4cc5cc(C(F)(F)P(=O)(O)O)ccc5s4)C(=O)N32)c1. The van der Waals surface area contributed by atoms with Crippen LogP contribution in [0.25, 0.3) is 10.1 Å². The van der Waals surface area contributed by atoms with Gasteiger partial charge in [-0.25, -0.2) is 0 Å². The summed E-state index contributed by atoms with van der Waals surface area (Å²) < 4.78 is 53.8. The van der Waals surface area contributed by atoms with Crippen molar-refractivity contribution in [1.29, 1.82) is 0 Å². The number of hydrogen-bond acceptors (Lipinski definition) is 13. The molecule has 0 aliphatic carbocycles. The van der Waals surface area contributed by atoms with Crippen LogP contribution < -0.4 is 31.2 Å². The Morgan fingerprint density at radius 1 is 0.987 bits per heavy atom. The van der Waals surface area contributed by atoms with Gasteiger partial charge in [-0.2, -0.15) is 8.78 Å². The summed E-state index contributed by atoms with van der Waals surface area (Å²) in [5.41, 5.74) is 2.86. The van der Waals surface area contributed by atoms with Crippen LogP contribution in [0.3, 0.4) is 0 Å². The minimum Gasteiger partial charge on any atom is -0.492 e. The number of carbonyl (C=O) groups excluding carboxylic acids is 8. The summed E-state index contributed by atoms with van der Waals surface area (Å²) >= 11 is 0.901. The van der Waals surface area contributed by atoms with E-state index in [4.69, 9.17) is 15.2 Å². The van der Waals surface area contributed by atoms with Crippen molar-refractivity contribution in [2.45, 2.75) is 119 Å². The second-order valence-electron chi connectivity index (χ2n) is 21.5. The minimum absolute atomic E-state index is 0.00394. The molecule has 420 valence electrons. The monoisotopic (exact) mass is 1130 g/mol. The lowest BCUT2D eigenvalue weighted by Gasteiger charge is -2.40. The number of thiophene rings is 1. The van der Waals surface area contributed by atoms with Crippen molar-refractivity contribution >= 4 is 76.3 Å². The van der Waals surface area contributed by atoms with Gasteiger partial charge in [-0.15, -0.1) is 11.3 Å². The number of likely N-dealkylation sites (tertiary alicyclic amines) is 1. The summed E-state index contributed by atoms with van der Waals surface area (Å²) in [5.74, 6) is -2.68. The predicted octanol–water partition coefficient (Wildman–Crippen LogP) is 3.53. The van der Waals surface area contributed by atoms with E-state index >= 15 is 0 Å². The van der Waals surface area contributed by atoms with Gasteiger partial charge in [0.05, 0.1) is 24.1 Å². The van der Waals surface area contributed by atoms with Crippen molar-refractivity contribution in [2.75, 3.05) is 45.9 Å². The number of imide groups is 1. The number of primary amides is 1. The molecule has 0 radical (unpaired) electrons. The van der Waals surface area contributed by atoms with E-state index in [1.165, 1.54) is 21.9 Å². The van der Waals surface area contributed by atoms with Crippen molar-refractivity contribution in [3.8, 4) is 11.5 Å². The van der Waals surface area contributed by atoms with E-state index in [0.717, 1.165) is 40.2 Å². The van der Waals surface area contributed by atoms with E-state index < -0.39 is 78.6 Å². The topological polar surface area (TPSA) is 288 Å². The number of nitrogens with two attached hydrogens (primary N) is 1. The maximum Gasteiger partial charge on any atom is 0.399 e. The molecule has 7 heterocycles. The fourth-order valence-electron chi connectivity index (χ4n) is 11.9. The molecule has 4 aromatic rings. The fraction of sp³-hybridized carbons (Fsp3) is 0.481. The Balaban J connectivity index is 0.828. The average Bonchev–Trinajstić information content (AvgIpc) is 4.42. The highest BCUT2D eigenvalue weighted by Crippen LogP contribution is 2.59. The van der Waals surface area contributed by atoms with Crippen molar-refractivity contribution in [3.63, 3.8) is 0 Å². The molecule has 1 spiro atoms. The lowest BCUT2D eigenvalue weighted by molar-refractivity contribution is -0.145. The molecule has 7 N–H and O–H groups in total. The van der Waals surface area contributed by atoms with Gasteiger partial charge in [-0.1, -0.05) is 24.3 Å². The fourth-order valence-corrected chi connectivity index (χ4v) is 13.4. The van der Waals surface area contributed by atoms with Crippen LogP contribution in [0, 0.1) is 6.92 Å². The van der Waals surface area contributed by atoms with Crippen LogP contribution in [0.5, 0.6) is 11.5 Å². The summed E-state index contributed by atoms with van der Waals surface area (Å²) in [6.07, 6.45) is 2.95. The van der Waals surface area contributed by atoms with E-state index in [9.17, 15) is 61.5 Å². The standard InChI is InChI=1S/C54H61F2N8O13PS/c1-30-3-2-4-35(23-30)76-28-33(6-13-44(57)65)58-49(69)41-10-7-34-15-20-62(27-39(52(72)64(34)41)59-50(70)43-25-31-24-32(5-12-42(31)79-43)54(55,56)78(73,74)75)46(67)16-19-61-21-17-53(18-22-61)29-77-47-37-26-63(40-11-14-45(66)60-48(40)68)51(71)36(37)8-9-38(47)53/h2-5,8-9,12,23-25,33-34,39-41H,6-7,10-11,13-22,26-29H2,1H3,(H2,57,65)(H,58,69)(H,59,70)(H,60,66,68)(H2,73,74,75)/t33-,34+,39-,40-,41-/m0/s1. The molecular weight excluding hydrogens is 1070 g/mol. The Labute approximate surface area is 456 Å². The Kier molecular flexibility index (Phi) is 15.4. The van der Waals surface area contributed by atoms with Crippen molar-refractivity contribution in [2.24, 2.45) is 5.73 Å². The van der Waals surface area contributed by atoms with Crippen molar-refractivity contribution in [3.05, 3.63) is 93.4 Å². The third-order valence-corrected chi connectivity index (χ3v) is 18.4. The molecule has 79 heavy (non-hydrogen) atoms. The zero-order valence-electron chi connectivity index (χ0n) is 43.3. The van der Waals surface area contributed by atoms with Crippen molar-refractivity contribution < 1.29 is 71.0 Å². The second kappa shape index (κ2) is 22.0. The van der Waals surface area contributed by atoms with Crippen molar-refractivity contribution in [1.82, 2.24) is 35.6 Å². The number of ether oxygens (including phenoxy) is 2. The van der Waals surface area contributed by atoms with E-state index in [0.29, 0.717) is 73.7 Å². The van der Waals surface area contributed by atoms with Crippen LogP contribution in [-0.4, -0.2) is 153 Å². The maximum absolute atomic E-state index is 15.0. The largest absolute Gasteiger partial charge is 0.492 e. The number of hydrogen-bond donors (Lipinski definition) is 6. The maximum atomic E-state index is 15.0. The number of halogens is 2. The van der Waals surface area contributed by atoms with Gasteiger partial charge in [0, 0.05) is 77.3 Å². The van der Waals surface area contributed by atoms with Gasteiger partial charge in [0.2, 0.25) is 35.4 Å². The summed E-state index contributed by atoms with van der Waals surface area (Å²) in [5, 5.41) is 8.18. The number of aryl methyl sites for hydroxylation is 1. The highest BCUT2D eigenvalue weighted by molar-refractivity contribution is 7.52. The Bertz CT molecular complexity index is 3200. The zero-order chi connectivity index (χ0) is 56.1. The molecule has 5 atom stereocenters. The molecule has 0 unspecified atom stereocenters. The third kappa shape index (κ3) is 11.2. The molecule has 4 fully saturated rings. The molecule has 1 aromatic heterocycles. The molecule has 21 nitrogen and oxygen atoms in total. The third-order valence-electron chi connectivity index (χ3n) is 16.3. The van der Waals surface area contributed by atoms with Gasteiger partial charge >= 0.3 is 13.3 Å². The number of piperidine rings is 2. The zero-order valence-corrected chi connectivity index (χ0v) is 45.0. The molecule has 10 rings (SSSR count). The number of nitrogens with zero attached hydrogens (tertiary/aromatic N) is 4. The summed E-state index contributed by atoms with van der Waals surface area (Å²) in [6.45, 7) is 4.06. The van der Waals surface area contributed by atoms with E-state index in [2.05, 4.69) is 20.9 Å². The van der Waals surface area contributed by atoms with Crippen LogP contribution in [0.4, 0.5) is 8.78 Å². The Hall–Kier alpha value is -6.85. The predicted molar refractivity (Wildman–Crippen MR) is 281 cm³/mol. The number of benzene rings is 3. The summed E-state index contributed by atoms with van der Waals surface area (Å²) in [4.78, 5) is 133. The lowest BCUT2D eigenvalue weighted by Crippen LogP contribution is -2.61. The first-order valence-corrected chi connectivity index (χ1v) is 28.8. The van der Waals surface area contributed by atoms with Gasteiger partial charge in [-0.05, 0) is 112 Å². The number of nitrogens with one attached hydrogen (secondary N) is 3. The molecular formula is C54H61F2N8O13PS. The van der Waals surface area contributed by atoms with Crippen LogP contribution in [0.1, 0.15) is 106 Å². The van der Waals surface area contributed by atoms with Crippen LogP contribution in [0.2, 0.25) is 0 Å². The Morgan fingerprint density at radius 3 is 2.51 bits per heavy atom. The lowest BCUT2D eigenvalue weighted by atomic mass is 9.74. The number of carbonyl (C=O) groups is 8. The molecule has 6 aliphatic heterocycles. The highest BCUT2D eigenvalue weighted by atomic mass is 32.1. The molecule has 8 amide bonds. The number of alkyl halides is 2. The number of amides is 8. The second-order valence-corrected chi connectivity index (χ2v) is 24.2. The average molecular weight is 1130 g/mol. The molecule has 3 aromatic carbocycles. The minimum atomic E-state index is -5.90. The van der Waals surface area contributed by atoms with E-state index in [1.54, 1.807) is 17.0 Å². The van der Waals surface area contributed by atoms with Gasteiger partial charge in [0.25, 0.3) is 11.8 Å². The molecule has 0 saturated carbocycles. The first kappa shape index (κ1) is 55.5.